The average Bonchev–Trinajstić information content (AvgIpc) is 3.89. The molecule has 0 unspecified atom stereocenters. The van der Waals surface area contributed by atoms with E-state index in [1.807, 2.05) is 42.5 Å². The van der Waals surface area contributed by atoms with E-state index in [2.05, 4.69) is 157 Å². The van der Waals surface area contributed by atoms with E-state index in [9.17, 15) is 0 Å². The Labute approximate surface area is 316 Å². The van der Waals surface area contributed by atoms with E-state index in [1.54, 1.807) is 0 Å². The molecule has 11 aromatic rings. The highest BCUT2D eigenvalue weighted by Crippen LogP contribution is 2.41. The third-order valence-corrected chi connectivity index (χ3v) is 11.1. The molecule has 55 heavy (non-hydrogen) atoms. The van der Waals surface area contributed by atoms with Crippen molar-refractivity contribution in [3.8, 4) is 28.2 Å². The lowest BCUT2D eigenvalue weighted by atomic mass is 10.0. The topological polar surface area (TPSA) is 23.5 Å². The molecule has 254 valence electrons. The number of rotatable bonds is 4. The van der Waals surface area contributed by atoms with Crippen LogP contribution in [0.15, 0.2) is 176 Å². The van der Waals surface area contributed by atoms with Crippen molar-refractivity contribution in [1.82, 2.24) is 13.7 Å². The maximum Gasteiger partial charge on any atom is 0.210 e. The monoisotopic (exact) mass is 699 g/mol. The maximum atomic E-state index is 8.10. The van der Waals surface area contributed by atoms with Gasteiger partial charge in [-0.25, -0.2) is 9.69 Å². The van der Waals surface area contributed by atoms with Crippen molar-refractivity contribution in [3.05, 3.63) is 199 Å². The lowest BCUT2D eigenvalue weighted by molar-refractivity contribution is 1.17. The normalized spacial score (nSPS) is 11.6. The Morgan fingerprint density at radius 3 is 1.49 bits per heavy atom. The number of benzene rings is 8. The fraction of sp³-hybridized carbons (Fsp3) is 0. The number of aromatic nitrogens is 3. The third kappa shape index (κ3) is 4.45. The van der Waals surface area contributed by atoms with Crippen molar-refractivity contribution in [1.29, 1.82) is 0 Å². The molecule has 0 amide bonds. The summed E-state index contributed by atoms with van der Waals surface area (Å²) in [6, 6.07) is 61.5. The van der Waals surface area contributed by atoms with Crippen LogP contribution in [0, 0.1) is 13.1 Å². The first kappa shape index (κ1) is 30.7. The number of para-hydroxylation sites is 4. The fourth-order valence-electron chi connectivity index (χ4n) is 8.71. The summed E-state index contributed by atoms with van der Waals surface area (Å²) >= 11 is 0. The molecule has 0 aliphatic rings. The van der Waals surface area contributed by atoms with Gasteiger partial charge in [0.1, 0.15) is 0 Å². The molecule has 0 aliphatic carbocycles. The summed E-state index contributed by atoms with van der Waals surface area (Å²) in [5, 5.41) is 7.04. The van der Waals surface area contributed by atoms with Crippen LogP contribution in [0.4, 0.5) is 11.4 Å². The number of nitrogens with zero attached hydrogens (tertiary/aromatic N) is 5. The molecule has 5 heteroatoms. The Kier molecular flexibility index (Phi) is 6.61. The Balaban J connectivity index is 1.08. The first-order chi connectivity index (χ1) is 27.2. The van der Waals surface area contributed by atoms with Crippen LogP contribution in [-0.2, 0) is 0 Å². The van der Waals surface area contributed by atoms with E-state index < -0.39 is 0 Å². The Morgan fingerprint density at radius 1 is 0.345 bits per heavy atom. The van der Waals surface area contributed by atoms with Crippen LogP contribution in [0.5, 0.6) is 0 Å². The molecule has 0 radical (unpaired) electrons. The minimum absolute atomic E-state index is 0.556. The van der Waals surface area contributed by atoms with Crippen molar-refractivity contribution in [2.45, 2.75) is 0 Å². The van der Waals surface area contributed by atoms with Crippen LogP contribution in [0.1, 0.15) is 0 Å². The van der Waals surface area contributed by atoms with Crippen molar-refractivity contribution in [2.75, 3.05) is 0 Å². The molecule has 0 spiro atoms. The Bertz CT molecular complexity index is 3400. The Morgan fingerprint density at radius 2 is 0.873 bits per heavy atom. The summed E-state index contributed by atoms with van der Waals surface area (Å²) in [5.41, 5.74) is 12.8. The number of fused-ring (bicyclic) bond motifs is 9. The molecule has 5 nitrogen and oxygen atoms in total. The molecule has 0 saturated heterocycles. The summed E-state index contributed by atoms with van der Waals surface area (Å²) in [5.74, 6) is 0. The van der Waals surface area contributed by atoms with Crippen LogP contribution in [0.3, 0.4) is 0 Å². The first-order valence-corrected chi connectivity index (χ1v) is 18.3. The van der Waals surface area contributed by atoms with Crippen molar-refractivity contribution in [2.24, 2.45) is 0 Å². The summed E-state index contributed by atoms with van der Waals surface area (Å²) in [4.78, 5) is 7.66. The molecule has 0 atom stereocenters. The van der Waals surface area contributed by atoms with Gasteiger partial charge in [0.15, 0.2) is 5.69 Å². The second-order valence-electron chi connectivity index (χ2n) is 13.9. The van der Waals surface area contributed by atoms with Crippen LogP contribution in [0.25, 0.3) is 103 Å². The highest BCUT2D eigenvalue weighted by molar-refractivity contribution is 6.16. The van der Waals surface area contributed by atoms with Crippen molar-refractivity contribution < 1.29 is 0 Å². The van der Waals surface area contributed by atoms with E-state index in [0.717, 1.165) is 61.0 Å². The largest absolute Gasteiger partial charge is 0.320 e. The number of hydrogen-bond donors (Lipinski definition) is 0. The summed E-state index contributed by atoms with van der Waals surface area (Å²) in [6.07, 6.45) is 0. The molecule has 3 aromatic heterocycles. The van der Waals surface area contributed by atoms with Gasteiger partial charge in [0.2, 0.25) is 5.69 Å². The van der Waals surface area contributed by atoms with E-state index in [-0.39, 0.29) is 0 Å². The minimum atomic E-state index is 0.556. The maximum absolute atomic E-state index is 8.10. The van der Waals surface area contributed by atoms with Crippen LogP contribution >= 0.6 is 0 Å². The van der Waals surface area contributed by atoms with Gasteiger partial charge in [0.25, 0.3) is 0 Å². The van der Waals surface area contributed by atoms with Gasteiger partial charge in [-0.3, -0.25) is 0 Å². The van der Waals surface area contributed by atoms with Crippen molar-refractivity contribution >= 4 is 76.8 Å². The van der Waals surface area contributed by atoms with E-state index in [1.165, 1.54) is 32.6 Å². The minimum Gasteiger partial charge on any atom is -0.320 e. The lowest BCUT2D eigenvalue weighted by Gasteiger charge is -2.14. The summed E-state index contributed by atoms with van der Waals surface area (Å²) in [7, 11) is 0. The molecule has 0 bridgehead atoms. The molecule has 0 N–H and O–H groups in total. The number of hydrogen-bond acceptors (Lipinski definition) is 0. The van der Waals surface area contributed by atoms with Crippen LogP contribution in [-0.4, -0.2) is 13.7 Å². The molecule has 8 aromatic carbocycles. The van der Waals surface area contributed by atoms with Gasteiger partial charge < -0.3 is 13.7 Å². The zero-order valence-electron chi connectivity index (χ0n) is 29.5. The van der Waals surface area contributed by atoms with E-state index in [0.29, 0.717) is 11.4 Å². The predicted molar refractivity (Wildman–Crippen MR) is 227 cm³/mol. The smallest absolute Gasteiger partial charge is 0.210 e. The van der Waals surface area contributed by atoms with E-state index >= 15 is 0 Å². The molecule has 0 fully saturated rings. The first-order valence-electron chi connectivity index (χ1n) is 18.3. The standard InChI is InChI=1S/C50H29N5/c1-51-34-25-28-39-38-14-5-9-18-44(38)55(48(39)31-34)49-30-33(24-29-41(49)52-2)32-22-26-35(27-23-32)53-45-19-10-6-15-40(45)50-46(53)20-11-21-47(50)54-42-16-7-3-12-36(42)37-13-4-8-17-43(37)54/h3-31H. The highest BCUT2D eigenvalue weighted by atomic mass is 15.0. The highest BCUT2D eigenvalue weighted by Gasteiger charge is 2.20. The molecule has 0 saturated carbocycles. The molecule has 0 aliphatic heterocycles. The van der Waals surface area contributed by atoms with Crippen LogP contribution < -0.4 is 0 Å². The summed E-state index contributed by atoms with van der Waals surface area (Å²) < 4.78 is 6.92. The van der Waals surface area contributed by atoms with Gasteiger partial charge in [-0.2, -0.15) is 0 Å². The van der Waals surface area contributed by atoms with Gasteiger partial charge in [0.05, 0.1) is 52.1 Å². The molecule has 11 rings (SSSR count). The zero-order valence-corrected chi connectivity index (χ0v) is 29.5. The predicted octanol–water partition coefficient (Wildman–Crippen LogP) is 13.7. The van der Waals surface area contributed by atoms with Gasteiger partial charge in [-0.1, -0.05) is 115 Å². The fourth-order valence-corrected chi connectivity index (χ4v) is 8.71. The average molecular weight is 700 g/mol. The second-order valence-corrected chi connectivity index (χ2v) is 13.9. The van der Waals surface area contributed by atoms with Crippen LogP contribution in [0.2, 0.25) is 0 Å². The summed E-state index contributed by atoms with van der Waals surface area (Å²) in [6.45, 7) is 15.8. The van der Waals surface area contributed by atoms with E-state index in [4.69, 9.17) is 13.1 Å². The van der Waals surface area contributed by atoms with Gasteiger partial charge in [-0.05, 0) is 71.8 Å². The lowest BCUT2D eigenvalue weighted by Crippen LogP contribution is -1.97. The van der Waals surface area contributed by atoms with Gasteiger partial charge >= 0.3 is 0 Å². The molecule has 3 heterocycles. The second kappa shape index (κ2) is 11.8. The molecular weight excluding hydrogens is 671 g/mol. The van der Waals surface area contributed by atoms with Gasteiger partial charge in [0, 0.05) is 43.5 Å². The third-order valence-electron chi connectivity index (χ3n) is 11.1. The Hall–Kier alpha value is -7.86. The van der Waals surface area contributed by atoms with Crippen molar-refractivity contribution in [3.63, 3.8) is 0 Å². The van der Waals surface area contributed by atoms with Gasteiger partial charge in [-0.15, -0.1) is 0 Å². The quantitative estimate of drug-likeness (QED) is 0.163. The molecular formula is C50H29N5. The SMILES string of the molecule is [C-]#[N+]c1ccc2c3ccccc3n(-c3cc(-c4ccc(-n5c6ccccc6c6c(-n7c8ccccc8c8ccccc87)cccc65)cc4)ccc3[N+]#[C-])c2c1. The zero-order chi connectivity index (χ0) is 36.6.